The molecule has 1 aromatic rings. The van der Waals surface area contributed by atoms with Gasteiger partial charge in [-0.3, -0.25) is 4.79 Å². The number of rotatable bonds is 6. The van der Waals surface area contributed by atoms with Gasteiger partial charge < -0.3 is 14.7 Å². The first-order valence-electron chi connectivity index (χ1n) is 5.82. The molecule has 0 spiro atoms. The molecule has 1 aromatic heterocycles. The zero-order valence-electron chi connectivity index (χ0n) is 11.3. The van der Waals surface area contributed by atoms with Gasteiger partial charge in [-0.15, -0.1) is 11.3 Å². The number of amides is 1. The van der Waals surface area contributed by atoms with Crippen molar-refractivity contribution in [3.05, 3.63) is 16.1 Å². The Morgan fingerprint density at radius 1 is 1.61 bits per heavy atom. The van der Waals surface area contributed by atoms with Gasteiger partial charge in [-0.2, -0.15) is 0 Å². The number of carbonyl (C=O) groups excluding carboxylic acids is 1. The van der Waals surface area contributed by atoms with Crippen molar-refractivity contribution >= 4 is 17.2 Å². The van der Waals surface area contributed by atoms with Crippen LogP contribution in [0.15, 0.2) is 5.38 Å². The zero-order chi connectivity index (χ0) is 13.8. The second-order valence-electron chi connectivity index (χ2n) is 4.69. The van der Waals surface area contributed by atoms with Crippen molar-refractivity contribution in [2.45, 2.75) is 33.0 Å². The van der Waals surface area contributed by atoms with Gasteiger partial charge in [0.25, 0.3) is 5.91 Å². The van der Waals surface area contributed by atoms with Gasteiger partial charge in [-0.05, 0) is 20.8 Å². The van der Waals surface area contributed by atoms with E-state index in [9.17, 15) is 9.90 Å². The first-order chi connectivity index (χ1) is 8.37. The van der Waals surface area contributed by atoms with Crippen molar-refractivity contribution in [2.24, 2.45) is 0 Å². The lowest BCUT2D eigenvalue weighted by Gasteiger charge is -2.27. The van der Waals surface area contributed by atoms with Crippen molar-refractivity contribution in [1.82, 2.24) is 9.88 Å². The minimum absolute atomic E-state index is 0.154. The first kappa shape index (κ1) is 15.1. The molecule has 0 aliphatic rings. The van der Waals surface area contributed by atoms with Gasteiger partial charge >= 0.3 is 0 Å². The van der Waals surface area contributed by atoms with Crippen LogP contribution in [0.4, 0.5) is 0 Å². The van der Waals surface area contributed by atoms with Crippen molar-refractivity contribution in [1.29, 1.82) is 0 Å². The number of ether oxygens (including phenoxy) is 1. The summed E-state index contributed by atoms with van der Waals surface area (Å²) >= 11 is 1.40. The molecule has 0 atom stereocenters. The lowest BCUT2D eigenvalue weighted by Crippen LogP contribution is -2.42. The largest absolute Gasteiger partial charge is 0.389 e. The van der Waals surface area contributed by atoms with E-state index in [1.165, 1.54) is 11.3 Å². The minimum Gasteiger partial charge on any atom is -0.389 e. The Morgan fingerprint density at radius 3 is 2.78 bits per heavy atom. The average Bonchev–Trinajstić information content (AvgIpc) is 2.73. The van der Waals surface area contributed by atoms with Gasteiger partial charge in [0.2, 0.25) is 0 Å². The topological polar surface area (TPSA) is 62.7 Å². The highest BCUT2D eigenvalue weighted by molar-refractivity contribution is 7.09. The molecule has 0 saturated heterocycles. The maximum absolute atomic E-state index is 12.2. The number of hydrogen-bond acceptors (Lipinski definition) is 5. The fourth-order valence-electron chi connectivity index (χ4n) is 1.56. The third-order valence-corrected chi connectivity index (χ3v) is 3.11. The van der Waals surface area contributed by atoms with Crippen LogP contribution in [0.3, 0.4) is 0 Å². The quantitative estimate of drug-likeness (QED) is 0.853. The third kappa shape index (κ3) is 4.36. The van der Waals surface area contributed by atoms with Crippen molar-refractivity contribution in [2.75, 3.05) is 20.2 Å². The number of carbonyl (C=O) groups is 1. The molecule has 0 aliphatic heterocycles. The van der Waals surface area contributed by atoms with E-state index in [-0.39, 0.29) is 5.91 Å². The van der Waals surface area contributed by atoms with Gasteiger partial charge in [0.1, 0.15) is 10.7 Å². The fraction of sp³-hybridized carbons (Fsp3) is 0.667. The molecule has 18 heavy (non-hydrogen) atoms. The summed E-state index contributed by atoms with van der Waals surface area (Å²) in [5.74, 6) is -0.154. The van der Waals surface area contributed by atoms with Crippen LogP contribution in [0.5, 0.6) is 0 Å². The van der Waals surface area contributed by atoms with Crippen LogP contribution in [0.2, 0.25) is 0 Å². The Kier molecular flexibility index (Phi) is 5.25. The van der Waals surface area contributed by atoms with Crippen LogP contribution in [-0.2, 0) is 11.3 Å². The van der Waals surface area contributed by atoms with Crippen molar-refractivity contribution in [3.63, 3.8) is 0 Å². The summed E-state index contributed by atoms with van der Waals surface area (Å²) in [6.45, 7) is 6.49. The van der Waals surface area contributed by atoms with E-state index in [1.54, 1.807) is 31.2 Å². The summed E-state index contributed by atoms with van der Waals surface area (Å²) in [4.78, 5) is 18.0. The van der Waals surface area contributed by atoms with Crippen LogP contribution in [0.1, 0.15) is 36.3 Å². The monoisotopic (exact) mass is 272 g/mol. The van der Waals surface area contributed by atoms with Crippen LogP contribution in [-0.4, -0.2) is 46.7 Å². The third-order valence-electron chi connectivity index (χ3n) is 2.29. The maximum Gasteiger partial charge on any atom is 0.273 e. The molecular weight excluding hydrogens is 252 g/mol. The number of likely N-dealkylation sites (N-methyl/N-ethyl adjacent to an activating group) is 1. The maximum atomic E-state index is 12.2. The van der Waals surface area contributed by atoms with E-state index in [4.69, 9.17) is 4.74 Å². The molecular formula is C12H20N2O3S. The summed E-state index contributed by atoms with van der Waals surface area (Å²) in [6.07, 6.45) is 0. The van der Waals surface area contributed by atoms with E-state index in [2.05, 4.69) is 4.98 Å². The molecule has 0 radical (unpaired) electrons. The summed E-state index contributed by atoms with van der Waals surface area (Å²) in [6, 6.07) is 0. The van der Waals surface area contributed by atoms with Crippen LogP contribution in [0, 0.1) is 0 Å². The average molecular weight is 272 g/mol. The summed E-state index contributed by atoms with van der Waals surface area (Å²) in [5, 5.41) is 12.3. The molecule has 0 saturated carbocycles. The number of methoxy groups -OCH3 is 1. The second-order valence-corrected chi connectivity index (χ2v) is 5.63. The molecule has 6 heteroatoms. The molecule has 0 aromatic carbocycles. The lowest BCUT2D eigenvalue weighted by molar-refractivity contribution is 0.0312. The van der Waals surface area contributed by atoms with E-state index in [0.29, 0.717) is 25.4 Å². The molecule has 0 aliphatic carbocycles. The number of thiazole rings is 1. The van der Waals surface area contributed by atoms with Gasteiger partial charge in [0.15, 0.2) is 0 Å². The Labute approximate surface area is 111 Å². The highest BCUT2D eigenvalue weighted by atomic mass is 32.1. The summed E-state index contributed by atoms with van der Waals surface area (Å²) in [5.41, 5.74) is -0.491. The van der Waals surface area contributed by atoms with Crippen LogP contribution in [0.25, 0.3) is 0 Å². The SMILES string of the molecule is CCN(CC(C)(C)O)C(=O)c1csc(COC)n1. The number of aromatic nitrogens is 1. The first-order valence-corrected chi connectivity index (χ1v) is 6.70. The number of hydrogen-bond donors (Lipinski definition) is 1. The molecule has 1 rings (SSSR count). The van der Waals surface area contributed by atoms with Gasteiger partial charge in [-0.1, -0.05) is 0 Å². The van der Waals surface area contributed by atoms with Crippen LogP contribution >= 0.6 is 11.3 Å². The Hall–Kier alpha value is -0.980. The van der Waals surface area contributed by atoms with E-state index in [0.717, 1.165) is 5.01 Å². The summed E-state index contributed by atoms with van der Waals surface area (Å²) in [7, 11) is 1.59. The molecule has 0 unspecified atom stereocenters. The predicted molar refractivity (Wildman–Crippen MR) is 70.7 cm³/mol. The minimum atomic E-state index is -0.906. The highest BCUT2D eigenvalue weighted by Gasteiger charge is 2.23. The van der Waals surface area contributed by atoms with Gasteiger partial charge in [0.05, 0.1) is 12.2 Å². The van der Waals surface area contributed by atoms with E-state index < -0.39 is 5.60 Å². The fourth-order valence-corrected chi connectivity index (χ4v) is 2.29. The molecule has 102 valence electrons. The van der Waals surface area contributed by atoms with Gasteiger partial charge in [0, 0.05) is 25.6 Å². The van der Waals surface area contributed by atoms with E-state index >= 15 is 0 Å². The summed E-state index contributed by atoms with van der Waals surface area (Å²) < 4.78 is 4.97. The Morgan fingerprint density at radius 2 is 2.28 bits per heavy atom. The molecule has 0 bridgehead atoms. The van der Waals surface area contributed by atoms with Crippen molar-refractivity contribution in [3.8, 4) is 0 Å². The molecule has 1 amide bonds. The predicted octanol–water partition coefficient (Wildman–Crippen LogP) is 1.52. The molecule has 1 heterocycles. The number of nitrogens with zero attached hydrogens (tertiary/aromatic N) is 2. The highest BCUT2D eigenvalue weighted by Crippen LogP contribution is 2.14. The standard InChI is InChI=1S/C12H20N2O3S/c1-5-14(8-12(2,3)16)11(15)9-7-18-10(13-9)6-17-4/h7,16H,5-6,8H2,1-4H3. The Balaban J connectivity index is 2.76. The van der Waals surface area contributed by atoms with Crippen LogP contribution < -0.4 is 0 Å². The van der Waals surface area contributed by atoms with E-state index in [1.807, 2.05) is 6.92 Å². The second kappa shape index (κ2) is 6.26. The smallest absolute Gasteiger partial charge is 0.273 e. The molecule has 1 N–H and O–H groups in total. The number of aliphatic hydroxyl groups is 1. The Bertz CT molecular complexity index is 398. The molecule has 5 nitrogen and oxygen atoms in total. The van der Waals surface area contributed by atoms with Gasteiger partial charge in [-0.25, -0.2) is 4.98 Å². The zero-order valence-corrected chi connectivity index (χ0v) is 12.1. The normalized spacial score (nSPS) is 11.6. The molecule has 0 fully saturated rings. The van der Waals surface area contributed by atoms with Crippen molar-refractivity contribution < 1.29 is 14.6 Å². The lowest BCUT2D eigenvalue weighted by atomic mass is 10.1.